The Bertz CT molecular complexity index is 2340. The number of phenolic OH excluding ortho intramolecular Hbond substituents is 1. The zero-order chi connectivity index (χ0) is 36.7. The van der Waals surface area contributed by atoms with E-state index < -0.39 is 0 Å². The van der Waals surface area contributed by atoms with E-state index in [1.165, 1.54) is 22.3 Å². The van der Waals surface area contributed by atoms with E-state index in [1.54, 1.807) is 6.07 Å². The number of para-hydroxylation sites is 3. The fraction of sp³-hybridized carbons (Fsp3) is 0.250. The van der Waals surface area contributed by atoms with Crippen LogP contribution in [0.15, 0.2) is 121 Å². The maximum Gasteiger partial charge on any atom is 0.145 e. The second-order valence-electron chi connectivity index (χ2n) is 15.3. The van der Waals surface area contributed by atoms with Crippen molar-refractivity contribution in [2.45, 2.75) is 79.1 Å². The molecule has 0 atom stereocenters. The molecule has 4 nitrogen and oxygen atoms in total. The van der Waals surface area contributed by atoms with Gasteiger partial charge in [0.2, 0.25) is 0 Å². The van der Waals surface area contributed by atoms with Gasteiger partial charge in [-0.2, -0.15) is 0 Å². The molecule has 0 saturated carbocycles. The molecule has 1 N–H and O–H groups in total. The molecular formula is C48H49N3O. The minimum atomic E-state index is 0.212. The Balaban J connectivity index is 1.44. The molecule has 0 spiro atoms. The van der Waals surface area contributed by atoms with E-state index >= 15 is 0 Å². The van der Waals surface area contributed by atoms with Crippen LogP contribution in [-0.2, 0) is 0 Å². The summed E-state index contributed by atoms with van der Waals surface area (Å²) >= 11 is 0. The molecule has 52 heavy (non-hydrogen) atoms. The lowest BCUT2D eigenvalue weighted by atomic mass is 9.90. The molecule has 0 aliphatic rings. The zero-order valence-electron chi connectivity index (χ0n) is 31.6. The number of hydrogen-bond acceptors (Lipinski definition) is 3. The Labute approximate surface area is 308 Å². The van der Waals surface area contributed by atoms with E-state index in [2.05, 4.69) is 157 Å². The molecule has 0 bridgehead atoms. The number of phenols is 1. The third-order valence-electron chi connectivity index (χ3n) is 10.2. The molecule has 0 radical (unpaired) electrons. The lowest BCUT2D eigenvalue weighted by molar-refractivity contribution is 0.477. The monoisotopic (exact) mass is 683 g/mol. The Morgan fingerprint density at radius 2 is 1.00 bits per heavy atom. The molecule has 5 aromatic carbocycles. The minimum absolute atomic E-state index is 0.212. The topological polar surface area (TPSA) is 50.9 Å². The van der Waals surface area contributed by atoms with E-state index in [1.807, 2.05) is 18.2 Å². The zero-order valence-corrected chi connectivity index (χ0v) is 31.6. The van der Waals surface area contributed by atoms with Crippen molar-refractivity contribution >= 4 is 11.0 Å². The predicted molar refractivity (Wildman–Crippen MR) is 219 cm³/mol. The average Bonchev–Trinajstić information content (AvgIpc) is 3.54. The number of aromatic nitrogens is 3. The van der Waals surface area contributed by atoms with Gasteiger partial charge in [0.15, 0.2) is 0 Å². The van der Waals surface area contributed by atoms with Crippen molar-refractivity contribution in [3.05, 3.63) is 144 Å². The normalized spacial score (nSPS) is 11.8. The highest BCUT2D eigenvalue weighted by Crippen LogP contribution is 2.38. The summed E-state index contributed by atoms with van der Waals surface area (Å²) in [6.07, 6.45) is 0. The van der Waals surface area contributed by atoms with Crippen molar-refractivity contribution in [3.63, 3.8) is 0 Å². The van der Waals surface area contributed by atoms with E-state index in [0.717, 1.165) is 56.2 Å². The largest absolute Gasteiger partial charge is 0.507 e. The van der Waals surface area contributed by atoms with Gasteiger partial charge in [-0.05, 0) is 112 Å². The summed E-state index contributed by atoms with van der Waals surface area (Å²) in [4.78, 5) is 10.5. The van der Waals surface area contributed by atoms with Gasteiger partial charge in [-0.25, -0.2) is 9.97 Å². The molecule has 0 aliphatic heterocycles. The molecule has 0 unspecified atom stereocenters. The van der Waals surface area contributed by atoms with Crippen LogP contribution in [0.1, 0.15) is 101 Å². The van der Waals surface area contributed by atoms with Gasteiger partial charge in [0, 0.05) is 22.4 Å². The van der Waals surface area contributed by atoms with Crippen LogP contribution in [0.5, 0.6) is 5.75 Å². The van der Waals surface area contributed by atoms with Crippen LogP contribution < -0.4 is 0 Å². The Morgan fingerprint density at radius 3 is 1.63 bits per heavy atom. The predicted octanol–water partition coefficient (Wildman–Crippen LogP) is 13.3. The van der Waals surface area contributed by atoms with E-state index in [-0.39, 0.29) is 5.75 Å². The highest BCUT2D eigenvalue weighted by molar-refractivity contribution is 5.85. The quantitative estimate of drug-likeness (QED) is 0.165. The third-order valence-corrected chi connectivity index (χ3v) is 10.2. The highest BCUT2D eigenvalue weighted by Gasteiger charge is 2.19. The average molecular weight is 684 g/mol. The Hall–Kier alpha value is -5.48. The van der Waals surface area contributed by atoms with Crippen molar-refractivity contribution in [2.75, 3.05) is 0 Å². The van der Waals surface area contributed by atoms with E-state index in [9.17, 15) is 5.11 Å². The number of hydrogen-bond donors (Lipinski definition) is 1. The fourth-order valence-corrected chi connectivity index (χ4v) is 6.94. The first-order chi connectivity index (χ1) is 25.0. The van der Waals surface area contributed by atoms with Crippen LogP contribution in [0.3, 0.4) is 0 Å². The number of aromatic hydroxyl groups is 1. The van der Waals surface area contributed by atoms with Crippen LogP contribution in [0.25, 0.3) is 61.8 Å². The summed E-state index contributed by atoms with van der Waals surface area (Å²) in [5, 5.41) is 11.0. The van der Waals surface area contributed by atoms with Crippen LogP contribution >= 0.6 is 0 Å². The number of pyridine rings is 1. The number of imidazole rings is 1. The van der Waals surface area contributed by atoms with Crippen molar-refractivity contribution in [3.8, 4) is 56.5 Å². The number of rotatable bonds is 9. The second kappa shape index (κ2) is 14.3. The standard InChI is InChI=1S/C48H49N3O/c1-29(2)35-21-36(30(3)4)24-39(23-35)40-27-44(49-45(28-40)42-16-9-12-19-47(42)52)33-14-13-15-34(20-33)48-50-43-17-10-11-18-46(43)51(48)41-25-37(31(5)6)22-38(26-41)32(7)8/h9-32,52H,1-8H3. The first-order valence-corrected chi connectivity index (χ1v) is 18.7. The van der Waals surface area contributed by atoms with E-state index in [4.69, 9.17) is 9.97 Å². The molecule has 0 fully saturated rings. The molecule has 7 rings (SSSR count). The molecular weight excluding hydrogens is 635 g/mol. The summed E-state index contributed by atoms with van der Waals surface area (Å²) in [7, 11) is 0. The van der Waals surface area contributed by atoms with Gasteiger partial charge in [0.25, 0.3) is 0 Å². The fourth-order valence-electron chi connectivity index (χ4n) is 6.94. The molecule has 0 amide bonds. The molecule has 4 heteroatoms. The number of nitrogens with zero attached hydrogens (tertiary/aromatic N) is 3. The van der Waals surface area contributed by atoms with Crippen LogP contribution in [0.2, 0.25) is 0 Å². The highest BCUT2D eigenvalue weighted by atomic mass is 16.3. The van der Waals surface area contributed by atoms with Crippen molar-refractivity contribution < 1.29 is 5.11 Å². The van der Waals surface area contributed by atoms with Crippen LogP contribution in [0, 0.1) is 0 Å². The molecule has 0 aliphatic carbocycles. The van der Waals surface area contributed by atoms with Gasteiger partial charge in [0.05, 0.1) is 22.4 Å². The van der Waals surface area contributed by atoms with Gasteiger partial charge in [-0.3, -0.25) is 4.57 Å². The molecule has 7 aromatic rings. The second-order valence-corrected chi connectivity index (χ2v) is 15.3. The van der Waals surface area contributed by atoms with Crippen LogP contribution in [0.4, 0.5) is 0 Å². The number of benzene rings is 5. The van der Waals surface area contributed by atoms with Gasteiger partial charge >= 0.3 is 0 Å². The number of fused-ring (bicyclic) bond motifs is 1. The summed E-state index contributed by atoms with van der Waals surface area (Å²) in [5.41, 5.74) is 14.9. The Morgan fingerprint density at radius 1 is 0.462 bits per heavy atom. The van der Waals surface area contributed by atoms with Crippen molar-refractivity contribution in [1.82, 2.24) is 14.5 Å². The summed E-state index contributed by atoms with van der Waals surface area (Å²) in [6, 6.07) is 42.7. The van der Waals surface area contributed by atoms with Gasteiger partial charge in [-0.1, -0.05) is 122 Å². The first-order valence-electron chi connectivity index (χ1n) is 18.7. The van der Waals surface area contributed by atoms with Gasteiger partial charge in [-0.15, -0.1) is 0 Å². The maximum atomic E-state index is 11.0. The van der Waals surface area contributed by atoms with Crippen LogP contribution in [-0.4, -0.2) is 19.6 Å². The lowest BCUT2D eigenvalue weighted by Crippen LogP contribution is -2.02. The van der Waals surface area contributed by atoms with Gasteiger partial charge < -0.3 is 5.11 Å². The van der Waals surface area contributed by atoms with Gasteiger partial charge in [0.1, 0.15) is 11.6 Å². The molecule has 262 valence electrons. The summed E-state index contributed by atoms with van der Waals surface area (Å²) in [5.74, 6) is 2.68. The third kappa shape index (κ3) is 6.90. The maximum absolute atomic E-state index is 11.0. The van der Waals surface area contributed by atoms with E-state index in [0.29, 0.717) is 29.2 Å². The summed E-state index contributed by atoms with van der Waals surface area (Å²) < 4.78 is 2.31. The SMILES string of the molecule is CC(C)c1cc(-c2cc(-c3cccc(-c4nc5ccccc5n4-c4cc(C(C)C)cc(C(C)C)c4)c3)nc(-c3ccccc3O)c2)cc(C(C)C)c1. The molecule has 2 aromatic heterocycles. The van der Waals surface area contributed by atoms with Crippen molar-refractivity contribution in [1.29, 1.82) is 0 Å². The Kier molecular flexibility index (Phi) is 9.59. The molecule has 2 heterocycles. The summed E-state index contributed by atoms with van der Waals surface area (Å²) in [6.45, 7) is 18.0. The smallest absolute Gasteiger partial charge is 0.145 e. The first kappa shape index (κ1) is 34.9. The van der Waals surface area contributed by atoms with Crippen molar-refractivity contribution in [2.24, 2.45) is 0 Å². The molecule has 0 saturated heterocycles. The lowest BCUT2D eigenvalue weighted by Gasteiger charge is -2.18. The minimum Gasteiger partial charge on any atom is -0.507 e.